The second kappa shape index (κ2) is 8.52. The zero-order valence-corrected chi connectivity index (χ0v) is 17.2. The number of aromatic nitrogens is 1. The van der Waals surface area contributed by atoms with Gasteiger partial charge < -0.3 is 19.3 Å². The molecule has 7 heteroatoms. The van der Waals surface area contributed by atoms with Gasteiger partial charge in [0.15, 0.2) is 11.5 Å². The molecule has 0 bridgehead atoms. The maximum Gasteiger partial charge on any atom is 0.236 e. The van der Waals surface area contributed by atoms with E-state index in [1.54, 1.807) is 0 Å². The van der Waals surface area contributed by atoms with Crippen molar-refractivity contribution in [3.05, 3.63) is 48.2 Å². The van der Waals surface area contributed by atoms with Crippen molar-refractivity contribution >= 4 is 11.7 Å². The van der Waals surface area contributed by atoms with E-state index in [1.165, 1.54) is 5.56 Å². The van der Waals surface area contributed by atoms with Crippen LogP contribution in [-0.2, 0) is 4.79 Å². The number of fused-ring (bicyclic) bond motifs is 1. The monoisotopic (exact) mass is 408 g/mol. The van der Waals surface area contributed by atoms with Crippen LogP contribution < -0.4 is 14.4 Å². The zero-order chi connectivity index (χ0) is 20.3. The molecular weight excluding hydrogens is 380 g/mol. The smallest absolute Gasteiger partial charge is 0.236 e. The standard InChI is InChI=1S/C23H28N4O3/c28-23(26-12-10-25(11-13-26)22-5-1-2-8-24-22)17-27-9-3-4-19(27)18-6-7-20-21(16-18)30-15-14-29-20/h1-2,5-8,16,19H,3-4,9-15,17H2. The van der Waals surface area contributed by atoms with Crippen molar-refractivity contribution in [1.82, 2.24) is 14.8 Å². The lowest BCUT2D eigenvalue weighted by atomic mass is 10.0. The summed E-state index contributed by atoms with van der Waals surface area (Å²) in [6, 6.07) is 12.4. The topological polar surface area (TPSA) is 58.1 Å². The lowest BCUT2D eigenvalue weighted by Gasteiger charge is -2.36. The Morgan fingerprint density at radius 2 is 1.83 bits per heavy atom. The first-order valence-corrected chi connectivity index (χ1v) is 10.9. The summed E-state index contributed by atoms with van der Waals surface area (Å²) in [5, 5.41) is 0. The van der Waals surface area contributed by atoms with Gasteiger partial charge >= 0.3 is 0 Å². The Morgan fingerprint density at radius 1 is 1.00 bits per heavy atom. The average Bonchev–Trinajstić information content (AvgIpc) is 3.27. The number of nitrogens with zero attached hydrogens (tertiary/aromatic N) is 4. The molecule has 1 aromatic heterocycles. The number of carbonyl (C=O) groups excluding carboxylic acids is 1. The van der Waals surface area contributed by atoms with Crippen molar-refractivity contribution in [3.8, 4) is 11.5 Å². The average molecular weight is 409 g/mol. The van der Waals surface area contributed by atoms with Crippen molar-refractivity contribution < 1.29 is 14.3 Å². The molecule has 0 aliphatic carbocycles. The number of hydrogen-bond acceptors (Lipinski definition) is 6. The minimum atomic E-state index is 0.222. The molecule has 0 radical (unpaired) electrons. The van der Waals surface area contributed by atoms with E-state index < -0.39 is 0 Å². The molecule has 1 aromatic carbocycles. The highest BCUT2D eigenvalue weighted by Crippen LogP contribution is 2.38. The van der Waals surface area contributed by atoms with Crippen LogP contribution in [0.5, 0.6) is 11.5 Å². The Labute approximate surface area is 177 Å². The molecule has 5 rings (SSSR count). The molecule has 2 aromatic rings. The van der Waals surface area contributed by atoms with Crippen LogP contribution in [0.1, 0.15) is 24.4 Å². The third-order valence-electron chi connectivity index (χ3n) is 6.26. The molecule has 1 amide bonds. The summed E-state index contributed by atoms with van der Waals surface area (Å²) in [6.07, 6.45) is 4.00. The van der Waals surface area contributed by atoms with Gasteiger partial charge in [0, 0.05) is 38.4 Å². The molecule has 0 N–H and O–H groups in total. The Balaban J connectivity index is 1.20. The van der Waals surface area contributed by atoms with Gasteiger partial charge in [0.05, 0.1) is 6.54 Å². The molecule has 158 valence electrons. The van der Waals surface area contributed by atoms with E-state index >= 15 is 0 Å². The van der Waals surface area contributed by atoms with Gasteiger partial charge in [-0.1, -0.05) is 12.1 Å². The van der Waals surface area contributed by atoms with E-state index in [9.17, 15) is 4.79 Å². The van der Waals surface area contributed by atoms with Crippen LogP contribution in [0, 0.1) is 0 Å². The fraction of sp³-hybridized carbons (Fsp3) is 0.478. The van der Waals surface area contributed by atoms with Crippen LogP contribution in [0.2, 0.25) is 0 Å². The maximum atomic E-state index is 13.0. The number of rotatable bonds is 4. The summed E-state index contributed by atoms with van der Waals surface area (Å²) in [4.78, 5) is 24.0. The number of benzene rings is 1. The number of piperazine rings is 1. The molecule has 2 saturated heterocycles. The Hall–Kier alpha value is -2.80. The van der Waals surface area contributed by atoms with Gasteiger partial charge in [0.1, 0.15) is 19.0 Å². The summed E-state index contributed by atoms with van der Waals surface area (Å²) < 4.78 is 11.4. The highest BCUT2D eigenvalue weighted by Gasteiger charge is 2.31. The summed E-state index contributed by atoms with van der Waals surface area (Å²) in [7, 11) is 0. The third-order valence-corrected chi connectivity index (χ3v) is 6.26. The first kappa shape index (κ1) is 19.2. The predicted molar refractivity (Wildman–Crippen MR) is 114 cm³/mol. The van der Waals surface area contributed by atoms with Crippen LogP contribution in [-0.4, -0.2) is 73.2 Å². The first-order valence-electron chi connectivity index (χ1n) is 10.9. The molecule has 0 saturated carbocycles. The summed E-state index contributed by atoms with van der Waals surface area (Å²) in [6.45, 7) is 5.78. The van der Waals surface area contributed by atoms with Crippen LogP contribution in [0.15, 0.2) is 42.6 Å². The number of amides is 1. The van der Waals surface area contributed by atoms with Crippen LogP contribution in [0.25, 0.3) is 0 Å². The SMILES string of the molecule is O=C(CN1CCCC1c1ccc2c(c1)OCCO2)N1CCN(c2ccccn2)CC1. The third kappa shape index (κ3) is 3.94. The Kier molecular flexibility index (Phi) is 5.45. The summed E-state index contributed by atoms with van der Waals surface area (Å²) in [5.41, 5.74) is 1.21. The minimum absolute atomic E-state index is 0.222. The highest BCUT2D eigenvalue weighted by molar-refractivity contribution is 5.78. The van der Waals surface area contributed by atoms with Crippen molar-refractivity contribution in [3.63, 3.8) is 0 Å². The van der Waals surface area contributed by atoms with Crippen LogP contribution >= 0.6 is 0 Å². The molecule has 0 spiro atoms. The fourth-order valence-corrected chi connectivity index (χ4v) is 4.66. The first-order chi connectivity index (χ1) is 14.8. The van der Waals surface area contributed by atoms with Gasteiger partial charge in [-0.15, -0.1) is 0 Å². The van der Waals surface area contributed by atoms with E-state index in [-0.39, 0.29) is 11.9 Å². The quantitative estimate of drug-likeness (QED) is 0.774. The lowest BCUT2D eigenvalue weighted by Crippen LogP contribution is -2.51. The van der Waals surface area contributed by atoms with Crippen LogP contribution in [0.4, 0.5) is 5.82 Å². The lowest BCUT2D eigenvalue weighted by molar-refractivity contribution is -0.133. The normalized spacial score (nSPS) is 21.7. The second-order valence-electron chi connectivity index (χ2n) is 8.09. The number of pyridine rings is 1. The van der Waals surface area contributed by atoms with Crippen molar-refractivity contribution in [2.45, 2.75) is 18.9 Å². The number of anilines is 1. The molecular formula is C23H28N4O3. The van der Waals surface area contributed by atoms with E-state index in [0.29, 0.717) is 19.8 Å². The largest absolute Gasteiger partial charge is 0.486 e. The second-order valence-corrected chi connectivity index (χ2v) is 8.09. The van der Waals surface area contributed by atoms with Crippen LogP contribution in [0.3, 0.4) is 0 Å². The van der Waals surface area contributed by atoms with Crippen molar-refractivity contribution in [2.75, 3.05) is 57.4 Å². The van der Waals surface area contributed by atoms with Gasteiger partial charge in [-0.3, -0.25) is 9.69 Å². The number of carbonyl (C=O) groups is 1. The molecule has 3 aliphatic heterocycles. The molecule has 1 atom stereocenters. The van der Waals surface area contributed by atoms with E-state index in [0.717, 1.165) is 62.9 Å². The fourth-order valence-electron chi connectivity index (χ4n) is 4.66. The molecule has 3 aliphatic rings. The Bertz CT molecular complexity index is 883. The highest BCUT2D eigenvalue weighted by atomic mass is 16.6. The zero-order valence-electron chi connectivity index (χ0n) is 17.2. The molecule has 2 fully saturated rings. The van der Waals surface area contributed by atoms with Gasteiger partial charge in [-0.2, -0.15) is 0 Å². The van der Waals surface area contributed by atoms with Gasteiger partial charge in [0.2, 0.25) is 5.91 Å². The van der Waals surface area contributed by atoms with Crippen molar-refractivity contribution in [1.29, 1.82) is 0 Å². The Morgan fingerprint density at radius 3 is 2.63 bits per heavy atom. The predicted octanol–water partition coefficient (Wildman–Crippen LogP) is 2.34. The summed E-state index contributed by atoms with van der Waals surface area (Å²) in [5.74, 6) is 2.85. The minimum Gasteiger partial charge on any atom is -0.486 e. The van der Waals surface area contributed by atoms with E-state index in [4.69, 9.17) is 9.47 Å². The molecule has 30 heavy (non-hydrogen) atoms. The molecule has 4 heterocycles. The van der Waals surface area contributed by atoms with E-state index in [2.05, 4.69) is 26.9 Å². The maximum absolute atomic E-state index is 13.0. The molecule has 1 unspecified atom stereocenters. The number of likely N-dealkylation sites (tertiary alicyclic amines) is 1. The van der Waals surface area contributed by atoms with Gasteiger partial charge in [-0.25, -0.2) is 4.98 Å². The van der Waals surface area contributed by atoms with E-state index in [1.807, 2.05) is 35.4 Å². The van der Waals surface area contributed by atoms with Gasteiger partial charge in [0.25, 0.3) is 0 Å². The van der Waals surface area contributed by atoms with Gasteiger partial charge in [-0.05, 0) is 49.2 Å². The number of hydrogen-bond donors (Lipinski definition) is 0. The summed E-state index contributed by atoms with van der Waals surface area (Å²) >= 11 is 0. The number of ether oxygens (including phenoxy) is 2. The van der Waals surface area contributed by atoms with Crippen molar-refractivity contribution in [2.24, 2.45) is 0 Å². The molecule has 7 nitrogen and oxygen atoms in total.